The van der Waals surface area contributed by atoms with E-state index in [2.05, 4.69) is 24.6 Å². The van der Waals surface area contributed by atoms with E-state index in [1.165, 1.54) is 13.2 Å². The molecule has 2 aromatic heterocycles. The number of methoxy groups -OCH3 is 1. The molecule has 0 atom stereocenters. The second kappa shape index (κ2) is 11.2. The van der Waals surface area contributed by atoms with Gasteiger partial charge >= 0.3 is 5.97 Å². The molecule has 4 rings (SSSR count). The molecule has 1 aliphatic rings. The summed E-state index contributed by atoms with van der Waals surface area (Å²) >= 11 is 0. The molecule has 200 valence electrons. The predicted octanol–water partition coefficient (Wildman–Crippen LogP) is 6.44. The van der Waals surface area contributed by atoms with Crippen molar-refractivity contribution >= 4 is 25.1 Å². The van der Waals surface area contributed by atoms with E-state index in [0.29, 0.717) is 52.7 Å². The lowest BCUT2D eigenvalue weighted by Gasteiger charge is -2.18. The molecule has 0 bridgehead atoms. The van der Waals surface area contributed by atoms with E-state index in [1.807, 2.05) is 17.6 Å². The lowest BCUT2D eigenvalue weighted by molar-refractivity contribution is 0.0525. The van der Waals surface area contributed by atoms with E-state index in [-0.39, 0.29) is 19.1 Å². The van der Waals surface area contributed by atoms with E-state index in [4.69, 9.17) is 18.9 Å². The first-order valence-electron chi connectivity index (χ1n) is 12.9. The molecule has 9 heteroatoms. The van der Waals surface area contributed by atoms with E-state index < -0.39 is 19.9 Å². The molecule has 0 radical (unpaired) electrons. The van der Waals surface area contributed by atoms with Crippen LogP contribution in [0.25, 0.3) is 22.2 Å². The molecule has 0 unspecified atom stereocenters. The summed E-state index contributed by atoms with van der Waals surface area (Å²) in [7, 11) is 0.164. The van der Waals surface area contributed by atoms with Gasteiger partial charge in [0.25, 0.3) is 0 Å². The molecule has 7 nitrogen and oxygen atoms in total. The fraction of sp³-hybridized carbons (Fsp3) is 0.500. The number of halogens is 1. The van der Waals surface area contributed by atoms with Gasteiger partial charge in [-0.3, -0.25) is 4.98 Å². The Morgan fingerprint density at radius 3 is 2.59 bits per heavy atom. The smallest absolute Gasteiger partial charge is 0.342 e. The number of fused-ring (bicyclic) bond motifs is 1. The van der Waals surface area contributed by atoms with Gasteiger partial charge in [-0.25, -0.2) is 9.18 Å². The average molecular weight is 529 g/mol. The van der Waals surface area contributed by atoms with E-state index in [0.717, 1.165) is 24.4 Å². The lowest BCUT2D eigenvalue weighted by Crippen LogP contribution is -2.22. The Morgan fingerprint density at radius 2 is 1.95 bits per heavy atom. The Hall–Kier alpha value is -2.91. The number of rotatable bonds is 12. The first-order valence-corrected chi connectivity index (χ1v) is 16.6. The summed E-state index contributed by atoms with van der Waals surface area (Å²) in [5.41, 5.74) is 3.75. The van der Waals surface area contributed by atoms with Gasteiger partial charge in [-0.05, 0) is 50.8 Å². The number of aromatic nitrogens is 2. The summed E-state index contributed by atoms with van der Waals surface area (Å²) in [5, 5.41) is 0. The maximum atomic E-state index is 14.7. The second-order valence-electron chi connectivity index (χ2n) is 10.7. The number of carbonyl (C=O) groups is 1. The molecule has 0 aliphatic heterocycles. The van der Waals surface area contributed by atoms with Gasteiger partial charge in [0.05, 0.1) is 25.8 Å². The van der Waals surface area contributed by atoms with E-state index >= 15 is 0 Å². The minimum atomic E-state index is -1.27. The number of ether oxygens (including phenoxy) is 4. The molecule has 0 spiro atoms. The van der Waals surface area contributed by atoms with E-state index in [9.17, 15) is 9.18 Å². The third-order valence-electron chi connectivity index (χ3n) is 6.61. The average Bonchev–Trinajstić information content (AvgIpc) is 3.62. The van der Waals surface area contributed by atoms with Gasteiger partial charge in [0.15, 0.2) is 11.6 Å². The minimum Gasteiger partial charge on any atom is -0.494 e. The Balaban J connectivity index is 1.86. The SMILES string of the molecule is CCOC(=O)c1c(C)n(COCC[Si](C)(C)C)c2c(-c3cc(OC)c(F)cc3OCC3CC3)ccnc12. The van der Waals surface area contributed by atoms with Crippen molar-refractivity contribution in [1.82, 2.24) is 9.55 Å². The molecule has 37 heavy (non-hydrogen) atoms. The summed E-state index contributed by atoms with van der Waals surface area (Å²) in [4.78, 5) is 17.6. The summed E-state index contributed by atoms with van der Waals surface area (Å²) in [6.07, 6.45) is 3.89. The highest BCUT2D eigenvalue weighted by molar-refractivity contribution is 6.76. The molecule has 1 saturated carbocycles. The van der Waals surface area contributed by atoms with Crippen LogP contribution < -0.4 is 9.47 Å². The van der Waals surface area contributed by atoms with Crippen LogP contribution in [-0.4, -0.2) is 50.5 Å². The van der Waals surface area contributed by atoms with Gasteiger partial charge in [0.1, 0.15) is 23.6 Å². The van der Waals surface area contributed by atoms with Crippen LogP contribution in [0, 0.1) is 18.7 Å². The molecule has 0 N–H and O–H groups in total. The van der Waals surface area contributed by atoms with Crippen LogP contribution in [0.2, 0.25) is 25.7 Å². The standard InChI is InChI=1S/C28H37FN2O5Si/c1-7-35-28(32)25-18(2)31(17-34-12-13-37(4,5)6)27-20(10-11-30-26(25)27)21-14-24(33-3)22(29)15-23(21)36-16-19-8-9-19/h10-11,14-15,19H,7-9,12-13,16-17H2,1-6H3. The lowest BCUT2D eigenvalue weighted by atomic mass is 10.0. The summed E-state index contributed by atoms with van der Waals surface area (Å²) in [6.45, 7) is 12.2. The first kappa shape index (κ1) is 27.1. The maximum absolute atomic E-state index is 14.7. The van der Waals surface area contributed by atoms with Crippen LogP contribution in [0.5, 0.6) is 11.5 Å². The number of benzene rings is 1. The van der Waals surface area contributed by atoms with Crippen molar-refractivity contribution in [3.05, 3.63) is 41.5 Å². The Morgan fingerprint density at radius 1 is 1.19 bits per heavy atom. The minimum absolute atomic E-state index is 0.116. The van der Waals surface area contributed by atoms with Crippen molar-refractivity contribution < 1.29 is 28.1 Å². The maximum Gasteiger partial charge on any atom is 0.342 e. The number of pyridine rings is 1. The van der Waals surface area contributed by atoms with Crippen molar-refractivity contribution in [3.8, 4) is 22.6 Å². The topological polar surface area (TPSA) is 71.8 Å². The molecule has 2 heterocycles. The van der Waals surface area contributed by atoms with Crippen molar-refractivity contribution in [3.63, 3.8) is 0 Å². The Labute approximate surface area is 218 Å². The Bertz CT molecular complexity index is 1280. The molecule has 3 aromatic rings. The van der Waals surface area contributed by atoms with Crippen molar-refractivity contribution in [2.75, 3.05) is 26.9 Å². The summed E-state index contributed by atoms with van der Waals surface area (Å²) in [5.74, 6) is 0.121. The van der Waals surface area contributed by atoms with Crippen LogP contribution >= 0.6 is 0 Å². The highest BCUT2D eigenvalue weighted by Gasteiger charge is 2.27. The highest BCUT2D eigenvalue weighted by atomic mass is 28.3. The molecular weight excluding hydrogens is 491 g/mol. The number of carbonyl (C=O) groups excluding carboxylic acids is 1. The highest BCUT2D eigenvalue weighted by Crippen LogP contribution is 2.41. The van der Waals surface area contributed by atoms with Crippen LogP contribution in [0.3, 0.4) is 0 Å². The normalized spacial score (nSPS) is 13.7. The van der Waals surface area contributed by atoms with Crippen LogP contribution in [0.4, 0.5) is 4.39 Å². The van der Waals surface area contributed by atoms with Gasteiger partial charge in [-0.15, -0.1) is 0 Å². The zero-order chi connectivity index (χ0) is 26.7. The molecular formula is C28H37FN2O5Si. The van der Waals surface area contributed by atoms with E-state index in [1.54, 1.807) is 19.2 Å². The summed E-state index contributed by atoms with van der Waals surface area (Å²) < 4.78 is 39.6. The fourth-order valence-corrected chi connectivity index (χ4v) is 5.02. The number of nitrogens with zero attached hydrogens (tertiary/aromatic N) is 2. The van der Waals surface area contributed by atoms with Gasteiger partial charge in [0.2, 0.25) is 0 Å². The fourth-order valence-electron chi connectivity index (χ4n) is 4.26. The quantitative estimate of drug-likeness (QED) is 0.153. The monoisotopic (exact) mass is 528 g/mol. The molecule has 1 fully saturated rings. The zero-order valence-corrected chi connectivity index (χ0v) is 23.7. The number of hydrogen-bond donors (Lipinski definition) is 0. The van der Waals surface area contributed by atoms with Crippen LogP contribution in [-0.2, 0) is 16.2 Å². The molecule has 0 amide bonds. The van der Waals surface area contributed by atoms with Gasteiger partial charge in [0, 0.05) is 43.8 Å². The molecule has 0 saturated heterocycles. The van der Waals surface area contributed by atoms with Gasteiger partial charge in [-0.1, -0.05) is 19.6 Å². The van der Waals surface area contributed by atoms with Crippen molar-refractivity contribution in [2.24, 2.45) is 5.92 Å². The molecule has 1 aromatic carbocycles. The summed E-state index contributed by atoms with van der Waals surface area (Å²) in [6, 6.07) is 5.90. The molecule has 1 aliphatic carbocycles. The number of esters is 1. The largest absolute Gasteiger partial charge is 0.494 e. The van der Waals surface area contributed by atoms with Crippen LogP contribution in [0.15, 0.2) is 24.4 Å². The van der Waals surface area contributed by atoms with Crippen molar-refractivity contribution in [2.45, 2.75) is 59.1 Å². The van der Waals surface area contributed by atoms with Gasteiger partial charge in [-0.2, -0.15) is 0 Å². The number of hydrogen-bond acceptors (Lipinski definition) is 6. The second-order valence-corrected chi connectivity index (χ2v) is 16.4. The third kappa shape index (κ3) is 6.15. The van der Waals surface area contributed by atoms with Crippen molar-refractivity contribution in [1.29, 1.82) is 0 Å². The zero-order valence-electron chi connectivity index (χ0n) is 22.7. The predicted molar refractivity (Wildman–Crippen MR) is 145 cm³/mol. The first-order chi connectivity index (χ1) is 17.6. The van der Waals surface area contributed by atoms with Gasteiger partial charge < -0.3 is 23.5 Å². The van der Waals surface area contributed by atoms with Crippen LogP contribution in [0.1, 0.15) is 35.8 Å². The third-order valence-corrected chi connectivity index (χ3v) is 8.31. The Kier molecular flexibility index (Phi) is 8.23.